The van der Waals surface area contributed by atoms with Gasteiger partial charge in [0.2, 0.25) is 0 Å². The van der Waals surface area contributed by atoms with Crippen molar-refractivity contribution in [3.63, 3.8) is 0 Å². The van der Waals surface area contributed by atoms with Gasteiger partial charge in [-0.25, -0.2) is 4.98 Å². The van der Waals surface area contributed by atoms with E-state index in [9.17, 15) is 0 Å². The Morgan fingerprint density at radius 1 is 1.22 bits per heavy atom. The van der Waals surface area contributed by atoms with Crippen LogP contribution >= 0.6 is 0 Å². The van der Waals surface area contributed by atoms with Gasteiger partial charge in [0.05, 0.1) is 12.0 Å². The Balaban J connectivity index is 2.46. The summed E-state index contributed by atoms with van der Waals surface area (Å²) in [7, 11) is 0. The van der Waals surface area contributed by atoms with Gasteiger partial charge in [0, 0.05) is 25.8 Å². The molecular weight excluding hydrogens is 224 g/mol. The molecule has 18 heavy (non-hydrogen) atoms. The van der Waals surface area contributed by atoms with Gasteiger partial charge in [-0.1, -0.05) is 26.7 Å². The number of rotatable bonds is 10. The molecule has 0 spiro atoms. The largest absolute Gasteiger partial charge is 0.336 e. The third-order valence-electron chi connectivity index (χ3n) is 3.12. The number of aromatic nitrogens is 2. The van der Waals surface area contributed by atoms with E-state index < -0.39 is 0 Å². The van der Waals surface area contributed by atoms with Crippen molar-refractivity contribution in [1.82, 2.24) is 14.5 Å². The molecule has 0 bridgehead atoms. The predicted molar refractivity (Wildman–Crippen MR) is 76.4 cm³/mol. The smallest absolute Gasteiger partial charge is 0.0950 e. The highest BCUT2D eigenvalue weighted by molar-refractivity contribution is 4.96. The molecule has 0 saturated carbocycles. The molecule has 0 saturated heterocycles. The molecule has 2 N–H and O–H groups in total. The van der Waals surface area contributed by atoms with Crippen molar-refractivity contribution in [2.45, 2.75) is 52.6 Å². The van der Waals surface area contributed by atoms with Crippen molar-refractivity contribution in [2.24, 2.45) is 5.73 Å². The van der Waals surface area contributed by atoms with Gasteiger partial charge < -0.3 is 10.3 Å². The van der Waals surface area contributed by atoms with Crippen LogP contribution in [-0.4, -0.2) is 34.1 Å². The molecule has 0 aliphatic carbocycles. The number of imidazole rings is 1. The lowest BCUT2D eigenvalue weighted by atomic mass is 10.2. The monoisotopic (exact) mass is 252 g/mol. The van der Waals surface area contributed by atoms with Crippen molar-refractivity contribution in [1.29, 1.82) is 0 Å². The van der Waals surface area contributed by atoms with Crippen LogP contribution in [-0.2, 0) is 13.1 Å². The second-order valence-corrected chi connectivity index (χ2v) is 4.87. The van der Waals surface area contributed by atoms with Gasteiger partial charge >= 0.3 is 0 Å². The van der Waals surface area contributed by atoms with Crippen molar-refractivity contribution < 1.29 is 0 Å². The number of hydrogen-bond acceptors (Lipinski definition) is 3. The van der Waals surface area contributed by atoms with Gasteiger partial charge in [0.25, 0.3) is 0 Å². The van der Waals surface area contributed by atoms with Crippen LogP contribution in [0.15, 0.2) is 12.5 Å². The summed E-state index contributed by atoms with van der Waals surface area (Å²) >= 11 is 0. The SMILES string of the molecule is CCCCN(CCCC)Cc1cn(CCN)cn1. The zero-order valence-electron chi connectivity index (χ0n) is 11.9. The second-order valence-electron chi connectivity index (χ2n) is 4.87. The van der Waals surface area contributed by atoms with Crippen LogP contribution in [0.25, 0.3) is 0 Å². The van der Waals surface area contributed by atoms with E-state index in [0.29, 0.717) is 6.54 Å². The molecule has 0 atom stereocenters. The molecule has 0 amide bonds. The Morgan fingerprint density at radius 2 is 1.89 bits per heavy atom. The fourth-order valence-electron chi connectivity index (χ4n) is 2.02. The molecule has 1 aromatic heterocycles. The summed E-state index contributed by atoms with van der Waals surface area (Å²) in [6, 6.07) is 0. The zero-order chi connectivity index (χ0) is 13.2. The van der Waals surface area contributed by atoms with Gasteiger partial charge in [0.15, 0.2) is 0 Å². The van der Waals surface area contributed by atoms with Crippen LogP contribution in [0.3, 0.4) is 0 Å². The van der Waals surface area contributed by atoms with Crippen molar-refractivity contribution in [3.8, 4) is 0 Å². The normalized spacial score (nSPS) is 11.3. The van der Waals surface area contributed by atoms with E-state index in [1.54, 1.807) is 0 Å². The van der Waals surface area contributed by atoms with E-state index in [0.717, 1.165) is 18.8 Å². The lowest BCUT2D eigenvalue weighted by molar-refractivity contribution is 0.254. The Bertz CT molecular complexity index is 300. The standard InChI is InChI=1S/C14H28N4/c1-3-5-8-17(9-6-4-2)11-14-12-18(10-7-15)13-16-14/h12-13H,3-11,15H2,1-2H3. The molecule has 0 radical (unpaired) electrons. The maximum atomic E-state index is 5.54. The van der Waals surface area contributed by atoms with E-state index in [-0.39, 0.29) is 0 Å². The van der Waals surface area contributed by atoms with E-state index in [4.69, 9.17) is 5.73 Å². The summed E-state index contributed by atoms with van der Waals surface area (Å²) in [5, 5.41) is 0. The second kappa shape index (κ2) is 9.11. The van der Waals surface area contributed by atoms with Crippen molar-refractivity contribution >= 4 is 0 Å². The highest BCUT2D eigenvalue weighted by Gasteiger charge is 2.07. The average molecular weight is 252 g/mol. The molecular formula is C14H28N4. The van der Waals surface area contributed by atoms with Gasteiger partial charge in [-0.15, -0.1) is 0 Å². The molecule has 1 heterocycles. The molecule has 104 valence electrons. The number of nitrogens with zero attached hydrogens (tertiary/aromatic N) is 3. The highest BCUT2D eigenvalue weighted by Crippen LogP contribution is 2.06. The molecule has 0 unspecified atom stereocenters. The minimum atomic E-state index is 0.672. The summed E-state index contributed by atoms with van der Waals surface area (Å²) in [5.74, 6) is 0. The van der Waals surface area contributed by atoms with Crippen molar-refractivity contribution in [3.05, 3.63) is 18.2 Å². The summed E-state index contributed by atoms with van der Waals surface area (Å²) in [4.78, 5) is 6.97. The van der Waals surface area contributed by atoms with Crippen LogP contribution in [0.4, 0.5) is 0 Å². The minimum absolute atomic E-state index is 0.672. The molecule has 0 fully saturated rings. The lowest BCUT2D eigenvalue weighted by Gasteiger charge is -2.20. The van der Waals surface area contributed by atoms with Crippen LogP contribution in [0.5, 0.6) is 0 Å². The summed E-state index contributed by atoms with van der Waals surface area (Å²) in [6.07, 6.45) is 9.06. The fraction of sp³-hybridized carbons (Fsp3) is 0.786. The number of unbranched alkanes of at least 4 members (excludes halogenated alkanes) is 2. The Morgan fingerprint density at radius 3 is 2.44 bits per heavy atom. The molecule has 0 aromatic carbocycles. The lowest BCUT2D eigenvalue weighted by Crippen LogP contribution is -2.25. The Labute approximate surface area is 111 Å². The molecule has 0 aliphatic rings. The van der Waals surface area contributed by atoms with E-state index in [1.807, 2.05) is 6.33 Å². The van der Waals surface area contributed by atoms with Gasteiger partial charge in [-0.05, 0) is 25.9 Å². The third kappa shape index (κ3) is 5.65. The van der Waals surface area contributed by atoms with Crippen LogP contribution in [0.1, 0.15) is 45.2 Å². The van der Waals surface area contributed by atoms with Crippen LogP contribution < -0.4 is 5.73 Å². The first-order valence-corrected chi connectivity index (χ1v) is 7.23. The van der Waals surface area contributed by atoms with E-state index in [2.05, 4.69) is 34.5 Å². The maximum absolute atomic E-state index is 5.54. The van der Waals surface area contributed by atoms with Gasteiger partial charge in [0.1, 0.15) is 0 Å². The molecule has 1 rings (SSSR count). The number of nitrogens with two attached hydrogens (primary N) is 1. The Kier molecular flexibility index (Phi) is 7.69. The predicted octanol–water partition coefficient (Wildman–Crippen LogP) is 2.24. The summed E-state index contributed by atoms with van der Waals surface area (Å²) < 4.78 is 2.08. The Hall–Kier alpha value is -0.870. The van der Waals surface area contributed by atoms with E-state index >= 15 is 0 Å². The maximum Gasteiger partial charge on any atom is 0.0950 e. The first-order chi connectivity index (χ1) is 8.80. The summed E-state index contributed by atoms with van der Waals surface area (Å²) in [6.45, 7) is 9.35. The molecule has 4 nitrogen and oxygen atoms in total. The van der Waals surface area contributed by atoms with E-state index in [1.165, 1.54) is 38.8 Å². The third-order valence-corrected chi connectivity index (χ3v) is 3.12. The molecule has 4 heteroatoms. The fourth-order valence-corrected chi connectivity index (χ4v) is 2.02. The highest BCUT2D eigenvalue weighted by atomic mass is 15.1. The molecule has 0 aliphatic heterocycles. The van der Waals surface area contributed by atoms with Crippen LogP contribution in [0.2, 0.25) is 0 Å². The molecule has 1 aromatic rings. The first kappa shape index (κ1) is 15.2. The summed E-state index contributed by atoms with van der Waals surface area (Å²) in [5.41, 5.74) is 6.71. The quantitative estimate of drug-likeness (QED) is 0.694. The zero-order valence-corrected chi connectivity index (χ0v) is 11.9. The number of hydrogen-bond donors (Lipinski definition) is 1. The first-order valence-electron chi connectivity index (χ1n) is 7.23. The van der Waals surface area contributed by atoms with Crippen molar-refractivity contribution in [2.75, 3.05) is 19.6 Å². The van der Waals surface area contributed by atoms with Gasteiger partial charge in [-0.2, -0.15) is 0 Å². The average Bonchev–Trinajstić information content (AvgIpc) is 2.80. The van der Waals surface area contributed by atoms with Gasteiger partial charge in [-0.3, -0.25) is 4.90 Å². The topological polar surface area (TPSA) is 47.1 Å². The minimum Gasteiger partial charge on any atom is -0.336 e. The van der Waals surface area contributed by atoms with Crippen LogP contribution in [0, 0.1) is 0 Å².